The van der Waals surface area contributed by atoms with Crippen molar-refractivity contribution in [3.8, 4) is 0 Å². The van der Waals surface area contributed by atoms with Crippen molar-refractivity contribution in [3.63, 3.8) is 0 Å². The molecule has 0 aromatic carbocycles. The Hall–Kier alpha value is 0.916. The van der Waals surface area contributed by atoms with Gasteiger partial charge in [0.05, 0.1) is 0 Å². The molecule has 6 nitrogen and oxygen atoms in total. The van der Waals surface area contributed by atoms with Crippen LogP contribution in [0.3, 0.4) is 0 Å². The minimum absolute atomic E-state index is 0. The summed E-state index contributed by atoms with van der Waals surface area (Å²) in [6.45, 7) is 0. The van der Waals surface area contributed by atoms with Gasteiger partial charge in [0.1, 0.15) is 0 Å². The van der Waals surface area contributed by atoms with Gasteiger partial charge in [-0.05, 0) is 0 Å². The van der Waals surface area contributed by atoms with Crippen molar-refractivity contribution < 1.29 is 69.7 Å². The van der Waals surface area contributed by atoms with Gasteiger partial charge in [0.2, 0.25) is 0 Å². The summed E-state index contributed by atoms with van der Waals surface area (Å²) in [5, 5.41) is 0. The Morgan fingerprint density at radius 2 is 0.500 bits per heavy atom. The summed E-state index contributed by atoms with van der Waals surface area (Å²) in [6.07, 6.45) is 0. The van der Waals surface area contributed by atoms with E-state index in [1.807, 2.05) is 0 Å². The van der Waals surface area contributed by atoms with E-state index in [-0.39, 0.29) is 69.7 Å². The fraction of sp³-hybridized carbons (Fsp3) is 0. The molecule has 56 valence electrons. The van der Waals surface area contributed by atoms with E-state index in [4.69, 9.17) is 0 Å². The number of hydrogen-bond donors (Lipinski definition) is 0. The third-order valence-electron chi connectivity index (χ3n) is 0. The molecule has 0 radical (unpaired) electrons. The molecule has 0 amide bonds. The molecule has 0 heterocycles. The summed E-state index contributed by atoms with van der Waals surface area (Å²) >= 11 is 0. The molecule has 0 fully saturated rings. The maximum atomic E-state index is 0. The Morgan fingerprint density at radius 1 is 0.500 bits per heavy atom. The smallest absolute Gasteiger partial charge is 0 e. The molecule has 0 aliphatic rings. The SMILES string of the molecule is O.O.O.O.[Cr].[OH-].[OH-].[Zn]. The van der Waals surface area contributed by atoms with Crippen molar-refractivity contribution in [1.82, 2.24) is 0 Å². The van der Waals surface area contributed by atoms with E-state index in [9.17, 15) is 0 Å². The largest absolute Gasteiger partial charge is 0.870 e. The summed E-state index contributed by atoms with van der Waals surface area (Å²) in [5.41, 5.74) is 0. The molecule has 0 spiro atoms. The molecule has 0 atom stereocenters. The molecule has 10 N–H and O–H groups in total. The number of rotatable bonds is 0. The zero-order chi connectivity index (χ0) is 0. The van der Waals surface area contributed by atoms with Crippen LogP contribution in [0.15, 0.2) is 0 Å². The quantitative estimate of drug-likeness (QED) is 0.383. The molecule has 0 aliphatic heterocycles. The molecule has 8 heteroatoms. The van der Waals surface area contributed by atoms with Crippen LogP contribution < -0.4 is 0 Å². The predicted octanol–water partition coefficient (Wildman–Crippen LogP) is -3.66. The molecule has 8 heavy (non-hydrogen) atoms. The second kappa shape index (κ2) is 451. The van der Waals surface area contributed by atoms with E-state index in [1.165, 1.54) is 0 Å². The van der Waals surface area contributed by atoms with Gasteiger partial charge in [-0.15, -0.1) is 0 Å². The minimum Gasteiger partial charge on any atom is -0.870 e. The molecule has 0 aromatic rings. The Morgan fingerprint density at radius 3 is 0.500 bits per heavy atom. The number of hydrogen-bond acceptors (Lipinski definition) is 2. The Balaban J connectivity index is 0. The van der Waals surface area contributed by atoms with Gasteiger partial charge in [0.25, 0.3) is 0 Å². The topological polar surface area (TPSA) is 186 Å². The third-order valence-corrected chi connectivity index (χ3v) is 0. The van der Waals surface area contributed by atoms with Crippen molar-refractivity contribution in [2.24, 2.45) is 0 Å². The van der Waals surface area contributed by atoms with Crippen LogP contribution in [0.5, 0.6) is 0 Å². The van der Waals surface area contributed by atoms with Crippen LogP contribution in [-0.2, 0) is 36.8 Å². The van der Waals surface area contributed by atoms with Gasteiger partial charge in [0, 0.05) is 36.8 Å². The first-order chi connectivity index (χ1) is 0. The molecule has 0 unspecified atom stereocenters. The average molecular weight is 223 g/mol. The normalized spacial score (nSPS) is 0. The molecule has 0 saturated heterocycles. The monoisotopic (exact) mass is 222 g/mol. The van der Waals surface area contributed by atoms with E-state index in [2.05, 4.69) is 0 Å². The first kappa shape index (κ1) is 666. The summed E-state index contributed by atoms with van der Waals surface area (Å²) in [6, 6.07) is 0. The second-order valence-electron chi connectivity index (χ2n) is 0. The molecule has 0 bridgehead atoms. The van der Waals surface area contributed by atoms with E-state index >= 15 is 0 Å². The van der Waals surface area contributed by atoms with Gasteiger partial charge in [-0.25, -0.2) is 0 Å². The first-order valence-electron chi connectivity index (χ1n) is 0. The van der Waals surface area contributed by atoms with Crippen molar-refractivity contribution in [1.29, 1.82) is 0 Å². The van der Waals surface area contributed by atoms with Gasteiger partial charge in [-0.3, -0.25) is 0 Å². The van der Waals surface area contributed by atoms with E-state index in [0.717, 1.165) is 0 Å². The van der Waals surface area contributed by atoms with Gasteiger partial charge in [-0.1, -0.05) is 0 Å². The molecular formula is H10CrO6Zn-2. The first-order valence-corrected chi connectivity index (χ1v) is 0. The maximum absolute atomic E-state index is 0. The van der Waals surface area contributed by atoms with Crippen LogP contribution in [0, 0.1) is 0 Å². The van der Waals surface area contributed by atoms with Gasteiger partial charge >= 0.3 is 0 Å². The zero-order valence-electron chi connectivity index (χ0n) is 4.01. The van der Waals surface area contributed by atoms with Crippen LogP contribution in [-0.4, -0.2) is 32.9 Å². The van der Waals surface area contributed by atoms with E-state index < -0.39 is 0 Å². The minimum atomic E-state index is 0. The van der Waals surface area contributed by atoms with Crippen LogP contribution in [0.4, 0.5) is 0 Å². The third kappa shape index (κ3) is 289. The van der Waals surface area contributed by atoms with Crippen molar-refractivity contribution in [2.75, 3.05) is 0 Å². The van der Waals surface area contributed by atoms with Crippen LogP contribution in [0.2, 0.25) is 0 Å². The average Bonchev–Trinajstić information content (AvgIpc) is 0. The summed E-state index contributed by atoms with van der Waals surface area (Å²) in [7, 11) is 0. The Bertz CT molecular complexity index is 8.49. The van der Waals surface area contributed by atoms with Crippen LogP contribution in [0.1, 0.15) is 0 Å². The molecular weight excluding hydrogens is 213 g/mol. The fourth-order valence-corrected chi connectivity index (χ4v) is 0. The Labute approximate surface area is 70.0 Å². The molecule has 0 rings (SSSR count). The second-order valence-corrected chi connectivity index (χ2v) is 0. The predicted molar refractivity (Wildman–Crippen MR) is 18.3 cm³/mol. The van der Waals surface area contributed by atoms with Crippen LogP contribution in [0.25, 0.3) is 0 Å². The van der Waals surface area contributed by atoms with Crippen LogP contribution >= 0.6 is 0 Å². The summed E-state index contributed by atoms with van der Waals surface area (Å²) < 4.78 is 0. The molecule has 0 aromatic heterocycles. The standard InChI is InChI=1S/Cr.6H2O.Zn/h;6*1H2;/p-2. The maximum Gasteiger partial charge on any atom is 0 e. The summed E-state index contributed by atoms with van der Waals surface area (Å²) in [4.78, 5) is 0. The van der Waals surface area contributed by atoms with Gasteiger partial charge < -0.3 is 32.9 Å². The van der Waals surface area contributed by atoms with Crippen molar-refractivity contribution in [2.45, 2.75) is 0 Å². The van der Waals surface area contributed by atoms with Gasteiger partial charge in [0.15, 0.2) is 0 Å². The fourth-order valence-electron chi connectivity index (χ4n) is 0. The van der Waals surface area contributed by atoms with E-state index in [1.54, 1.807) is 0 Å². The van der Waals surface area contributed by atoms with Gasteiger partial charge in [-0.2, -0.15) is 0 Å². The van der Waals surface area contributed by atoms with Crippen molar-refractivity contribution in [3.05, 3.63) is 0 Å². The Kier molecular flexibility index (Phi) is 37600. The van der Waals surface area contributed by atoms with Crippen molar-refractivity contribution >= 4 is 0 Å². The molecule has 0 aliphatic carbocycles. The van der Waals surface area contributed by atoms with E-state index in [0.29, 0.717) is 0 Å². The summed E-state index contributed by atoms with van der Waals surface area (Å²) in [5.74, 6) is 0. The zero-order valence-corrected chi connectivity index (χ0v) is 8.25. The molecule has 0 saturated carbocycles.